The Balaban J connectivity index is 1.62. The van der Waals surface area contributed by atoms with Gasteiger partial charge in [-0.2, -0.15) is 0 Å². The summed E-state index contributed by atoms with van der Waals surface area (Å²) in [5.41, 5.74) is 4.38. The minimum absolute atomic E-state index is 0.146. The predicted octanol–water partition coefficient (Wildman–Crippen LogP) is 2.72. The smallest absolute Gasteiger partial charge is 0.252 e. The Hall–Kier alpha value is -1.84. The number of aromatic nitrogens is 1. The van der Waals surface area contributed by atoms with E-state index in [0.29, 0.717) is 5.56 Å². The summed E-state index contributed by atoms with van der Waals surface area (Å²) in [7, 11) is 0. The molecule has 0 aromatic heterocycles. The van der Waals surface area contributed by atoms with Crippen molar-refractivity contribution in [3.05, 3.63) is 23.8 Å². The van der Waals surface area contributed by atoms with Crippen LogP contribution in [-0.2, 0) is 0 Å². The molecule has 92 valence electrons. The zero-order chi connectivity index (χ0) is 12.3. The minimum atomic E-state index is -0.596. The largest absolute Gasteiger partial charge is 0.352 e. The predicted molar refractivity (Wildman–Crippen MR) is 66.4 cm³/mol. The van der Waals surface area contributed by atoms with E-state index in [2.05, 4.69) is 10.3 Å². The third-order valence-corrected chi connectivity index (χ3v) is 4.21. The van der Waals surface area contributed by atoms with Crippen LogP contribution in [0, 0.1) is 0 Å². The lowest BCUT2D eigenvalue weighted by atomic mass is 9.77. The van der Waals surface area contributed by atoms with Gasteiger partial charge in [0.25, 0.3) is 5.91 Å². The van der Waals surface area contributed by atoms with Crippen LogP contribution in [0.4, 0.5) is 4.39 Å². The van der Waals surface area contributed by atoms with Crippen molar-refractivity contribution in [3.63, 3.8) is 0 Å². The van der Waals surface area contributed by atoms with Gasteiger partial charge in [-0.25, -0.2) is 4.39 Å². The molecule has 0 spiro atoms. The molecule has 3 nitrogen and oxygen atoms in total. The number of H-pyrrole nitrogens is 1. The summed E-state index contributed by atoms with van der Waals surface area (Å²) in [4.78, 5) is 15.4. The number of carbonyl (C=O) groups is 1. The zero-order valence-corrected chi connectivity index (χ0v) is 9.85. The molecule has 0 aromatic rings. The van der Waals surface area contributed by atoms with Crippen molar-refractivity contribution in [3.8, 4) is 22.5 Å². The van der Waals surface area contributed by atoms with Gasteiger partial charge in [-0.1, -0.05) is 6.07 Å². The second kappa shape index (κ2) is 3.13. The molecule has 0 saturated heterocycles. The van der Waals surface area contributed by atoms with Gasteiger partial charge in [0.1, 0.15) is 6.67 Å². The second-order valence-corrected chi connectivity index (χ2v) is 5.35. The Kier molecular flexibility index (Phi) is 1.76. The molecule has 3 aliphatic carbocycles. The lowest BCUT2D eigenvalue weighted by Gasteiger charge is -2.40. The van der Waals surface area contributed by atoms with Crippen LogP contribution in [0.5, 0.6) is 0 Å². The first kappa shape index (κ1) is 10.1. The fourth-order valence-electron chi connectivity index (χ4n) is 2.84. The maximum Gasteiger partial charge on any atom is 0.252 e. The lowest BCUT2D eigenvalue weighted by molar-refractivity contribution is 0.0775. The summed E-state index contributed by atoms with van der Waals surface area (Å²) in [6.07, 6.45) is 2.49. The monoisotopic (exact) mass is 244 g/mol. The van der Waals surface area contributed by atoms with Gasteiger partial charge >= 0.3 is 0 Å². The van der Waals surface area contributed by atoms with E-state index in [4.69, 9.17) is 0 Å². The molecule has 4 aliphatic rings. The van der Waals surface area contributed by atoms with Gasteiger partial charge in [-0.3, -0.25) is 4.79 Å². The Morgan fingerprint density at radius 3 is 2.89 bits per heavy atom. The van der Waals surface area contributed by atoms with Crippen molar-refractivity contribution in [2.45, 2.75) is 24.8 Å². The van der Waals surface area contributed by atoms with Gasteiger partial charge in [-0.05, 0) is 37.0 Å². The Morgan fingerprint density at radius 1 is 1.39 bits per heavy atom. The molecule has 2 N–H and O–H groups in total. The Morgan fingerprint density at radius 2 is 2.22 bits per heavy atom. The van der Waals surface area contributed by atoms with Gasteiger partial charge in [0.05, 0.1) is 16.9 Å². The molecule has 4 heteroatoms. The number of hydrogen-bond acceptors (Lipinski definition) is 1. The van der Waals surface area contributed by atoms with Crippen LogP contribution >= 0.6 is 0 Å². The number of alkyl halides is 1. The normalized spacial score (nSPS) is 18.5. The summed E-state index contributed by atoms with van der Waals surface area (Å²) in [6.45, 7) is -0.471. The molecule has 1 saturated carbocycles. The van der Waals surface area contributed by atoms with E-state index in [-0.39, 0.29) is 5.91 Å². The third kappa shape index (κ3) is 1.20. The second-order valence-electron chi connectivity index (χ2n) is 5.35. The average molecular weight is 244 g/mol. The van der Waals surface area contributed by atoms with Crippen LogP contribution in [-0.4, -0.2) is 23.1 Å². The van der Waals surface area contributed by atoms with E-state index in [1.54, 1.807) is 0 Å². The van der Waals surface area contributed by atoms with E-state index in [9.17, 15) is 9.18 Å². The number of nitrogens with one attached hydrogen (secondary N) is 2. The van der Waals surface area contributed by atoms with Crippen LogP contribution in [0.2, 0.25) is 0 Å². The van der Waals surface area contributed by atoms with Gasteiger partial charge in [0.15, 0.2) is 0 Å². The number of aromatic amines is 1. The van der Waals surface area contributed by atoms with Crippen molar-refractivity contribution < 1.29 is 9.18 Å². The zero-order valence-electron chi connectivity index (χ0n) is 9.85. The molecule has 0 bridgehead atoms. The van der Waals surface area contributed by atoms with Crippen molar-refractivity contribution in [1.82, 2.24) is 10.3 Å². The molecular weight excluding hydrogens is 231 g/mol. The third-order valence-electron chi connectivity index (χ3n) is 4.21. The molecule has 0 unspecified atom stereocenters. The highest BCUT2D eigenvalue weighted by atomic mass is 19.1. The number of pyridine rings is 1. The Labute approximate surface area is 104 Å². The number of fused-ring (bicyclic) bond motifs is 3. The highest BCUT2D eigenvalue weighted by Gasteiger charge is 2.39. The molecule has 1 amide bonds. The van der Waals surface area contributed by atoms with Crippen molar-refractivity contribution in [2.75, 3.05) is 6.67 Å². The van der Waals surface area contributed by atoms with Crippen molar-refractivity contribution >= 4 is 5.91 Å². The number of hydrogen-bond donors (Lipinski definition) is 2. The van der Waals surface area contributed by atoms with Crippen molar-refractivity contribution in [1.29, 1.82) is 0 Å². The lowest BCUT2D eigenvalue weighted by Crippen LogP contribution is -2.55. The highest BCUT2D eigenvalue weighted by molar-refractivity contribution is 6.08. The number of halogens is 1. The molecular formula is C14H13FN2O. The summed E-state index contributed by atoms with van der Waals surface area (Å²) in [5, 5.41) is 2.87. The minimum Gasteiger partial charge on any atom is -0.352 e. The van der Waals surface area contributed by atoms with E-state index >= 15 is 0 Å². The van der Waals surface area contributed by atoms with Gasteiger partial charge in [0.2, 0.25) is 0 Å². The molecule has 1 fully saturated rings. The van der Waals surface area contributed by atoms with Crippen LogP contribution < -0.4 is 5.32 Å². The molecule has 4 rings (SSSR count). The highest BCUT2D eigenvalue weighted by Crippen LogP contribution is 2.46. The van der Waals surface area contributed by atoms with Crippen LogP contribution in [0.3, 0.4) is 0 Å². The van der Waals surface area contributed by atoms with Gasteiger partial charge in [-0.15, -0.1) is 0 Å². The maximum absolute atomic E-state index is 13.0. The number of amides is 1. The average Bonchev–Trinajstić information content (AvgIpc) is 2.81. The quantitative estimate of drug-likeness (QED) is 0.731. The summed E-state index contributed by atoms with van der Waals surface area (Å²) in [6, 6.07) is 5.76. The van der Waals surface area contributed by atoms with E-state index in [1.165, 1.54) is 0 Å². The standard InChI is InChI=1S/C14H13FN2O/c15-7-14(4-1-5-14)17-13(18)9-3-2-8-10(9)6-11-12(8)16-11/h2-3,6,16H,1,4-5,7H2,(H,17,18). The topological polar surface area (TPSA) is 44.9 Å². The van der Waals surface area contributed by atoms with Crippen molar-refractivity contribution in [2.24, 2.45) is 0 Å². The SMILES string of the molecule is O=C(NC1(CF)CCC1)c1ccc2c3[nH]c-3cc1-2. The molecule has 0 radical (unpaired) electrons. The Bertz CT molecular complexity index is 622. The first-order chi connectivity index (χ1) is 8.72. The first-order valence-corrected chi connectivity index (χ1v) is 6.27. The van der Waals surface area contributed by atoms with Crippen LogP contribution in [0.1, 0.15) is 29.6 Å². The summed E-state index contributed by atoms with van der Waals surface area (Å²) in [5.74, 6) is -0.146. The maximum atomic E-state index is 13.0. The first-order valence-electron chi connectivity index (χ1n) is 6.27. The number of rotatable bonds is 3. The molecule has 1 aliphatic heterocycles. The fraction of sp³-hybridized carbons (Fsp3) is 0.357. The van der Waals surface area contributed by atoms with Crippen LogP contribution in [0.15, 0.2) is 18.2 Å². The van der Waals surface area contributed by atoms with E-state index in [0.717, 1.165) is 41.8 Å². The van der Waals surface area contributed by atoms with E-state index in [1.807, 2.05) is 18.2 Å². The summed E-state index contributed by atoms with van der Waals surface area (Å²) >= 11 is 0. The van der Waals surface area contributed by atoms with Crippen LogP contribution in [0.25, 0.3) is 22.5 Å². The molecule has 0 aromatic carbocycles. The summed E-state index contributed by atoms with van der Waals surface area (Å²) < 4.78 is 13.0. The van der Waals surface area contributed by atoms with Gasteiger partial charge < -0.3 is 10.3 Å². The van der Waals surface area contributed by atoms with E-state index < -0.39 is 12.2 Å². The molecule has 18 heavy (non-hydrogen) atoms. The van der Waals surface area contributed by atoms with Gasteiger partial charge in [0, 0.05) is 11.1 Å². The fourth-order valence-corrected chi connectivity index (χ4v) is 2.84. The molecule has 1 heterocycles. The number of carbonyl (C=O) groups excluding carboxylic acids is 1. The molecule has 0 atom stereocenters.